The summed E-state index contributed by atoms with van der Waals surface area (Å²) in [4.78, 5) is 0. The highest BCUT2D eigenvalue weighted by molar-refractivity contribution is 3.11. The van der Waals surface area contributed by atoms with Crippen molar-refractivity contribution in [2.45, 2.75) is 0 Å². The summed E-state index contributed by atoms with van der Waals surface area (Å²) < 4.78 is 14.7. The number of H-pyrrole nitrogens is 1. The standard InChI is InChI=1S/HNO4/c1-2-4-5-3-1/h1H. The van der Waals surface area contributed by atoms with E-state index in [4.69, 9.17) is 0 Å². The van der Waals surface area contributed by atoms with Crippen molar-refractivity contribution in [3.8, 4) is 0 Å². The minimum absolute atomic E-state index is 1.78. The van der Waals surface area contributed by atoms with Crippen LogP contribution in [0.3, 0.4) is 0 Å². The van der Waals surface area contributed by atoms with Gasteiger partial charge in [-0.25, -0.2) is 0 Å². The minimum atomic E-state index is 1.78. The van der Waals surface area contributed by atoms with Gasteiger partial charge in [-0.15, -0.1) is 9.36 Å². The van der Waals surface area contributed by atoms with E-state index in [0.29, 0.717) is 0 Å². The summed E-state index contributed by atoms with van der Waals surface area (Å²) in [5.74, 6) is 0. The third kappa shape index (κ3) is 0.188. The molecule has 1 heterocycles. The first-order valence-electron chi connectivity index (χ1n) is 0.908. The monoisotopic (exact) mass is 79.0 g/mol. The van der Waals surface area contributed by atoms with Crippen LogP contribution in [0, 0.1) is 0 Å². The van der Waals surface area contributed by atoms with Crippen molar-refractivity contribution in [3.63, 3.8) is 0 Å². The molecule has 30 valence electrons. The molecule has 0 bridgehead atoms. The van der Waals surface area contributed by atoms with Crippen molar-refractivity contribution in [2.24, 2.45) is 0 Å². The zero-order chi connectivity index (χ0) is 3.54. The Morgan fingerprint density at radius 2 is 1.60 bits per heavy atom. The summed E-state index contributed by atoms with van der Waals surface area (Å²) in [6.07, 6.45) is 0. The first-order chi connectivity index (χ1) is 2.50. The number of rotatable bonds is 0. The van der Waals surface area contributed by atoms with Crippen molar-refractivity contribution < 1.29 is 18.8 Å². The number of hydrogen-bond donors (Lipinski definition) is 1. The maximum atomic E-state index is 3.75. The molecule has 1 rings (SSSR count). The Morgan fingerprint density at radius 1 is 1.00 bits per heavy atom. The fraction of sp³-hybridized carbons (Fsp3) is 0. The largest absolute Gasteiger partial charge is 0.118 e. The molecule has 0 spiro atoms. The van der Waals surface area contributed by atoms with E-state index in [2.05, 4.69) is 18.8 Å². The predicted molar refractivity (Wildman–Crippen MR) is 7.48 cm³/mol. The smallest absolute Gasteiger partial charge is 0.0126 e. The lowest BCUT2D eigenvalue weighted by Crippen LogP contribution is -1.38. The molecular formula is HNO4. The quantitative estimate of drug-likeness (QED) is 0.460. The highest BCUT2D eigenvalue weighted by Gasteiger charge is 1.58. The van der Waals surface area contributed by atoms with Gasteiger partial charge >= 0.3 is 0 Å². The van der Waals surface area contributed by atoms with Crippen molar-refractivity contribution in [1.82, 2.24) is 5.33 Å². The van der Waals surface area contributed by atoms with Crippen molar-refractivity contribution in [3.05, 3.63) is 0 Å². The molecule has 5 nitrogen and oxygen atoms in total. The van der Waals surface area contributed by atoms with E-state index in [0.717, 1.165) is 0 Å². The fourth-order valence-electron chi connectivity index (χ4n) is 0.0694. The van der Waals surface area contributed by atoms with E-state index in [1.807, 2.05) is 0 Å². The molecular weight excluding hydrogens is 78.0 g/mol. The predicted octanol–water partition coefficient (Wildman–Crippen LogP) is 0.511. The molecule has 1 N–H and O–H groups in total. The maximum absolute atomic E-state index is 3.75. The molecule has 0 atom stereocenters. The second kappa shape index (κ2) is 0.750. The van der Waals surface area contributed by atoms with E-state index < -0.39 is 0 Å². The Kier molecular flexibility index (Phi) is 0.338. The molecule has 0 aromatic carbocycles. The highest BCUT2D eigenvalue weighted by atomic mass is 17.4. The van der Waals surface area contributed by atoms with Crippen molar-refractivity contribution in [2.75, 3.05) is 0 Å². The molecule has 5 heavy (non-hydrogen) atoms. The van der Waals surface area contributed by atoms with Crippen LogP contribution in [0.2, 0.25) is 0 Å². The molecule has 0 amide bonds. The zero-order valence-corrected chi connectivity index (χ0v) is 2.13. The van der Waals surface area contributed by atoms with Crippen LogP contribution in [0.15, 0.2) is 18.8 Å². The highest BCUT2D eigenvalue weighted by Crippen LogP contribution is 1.71. The van der Waals surface area contributed by atoms with Gasteiger partial charge < -0.3 is 0 Å². The molecule has 1 aromatic rings. The SMILES string of the molecule is [nH]1oooo1. The molecule has 1 aromatic heterocycles. The van der Waals surface area contributed by atoms with Crippen LogP contribution in [0.1, 0.15) is 0 Å². The maximum Gasteiger partial charge on any atom is 0.0126 e. The van der Waals surface area contributed by atoms with Crippen LogP contribution in [0.4, 0.5) is 0 Å². The Morgan fingerprint density at radius 3 is 1.80 bits per heavy atom. The van der Waals surface area contributed by atoms with Gasteiger partial charge in [0.25, 0.3) is 0 Å². The summed E-state index contributed by atoms with van der Waals surface area (Å²) in [5.41, 5.74) is 0. The van der Waals surface area contributed by atoms with Crippen LogP contribution in [0.5, 0.6) is 0 Å². The molecule has 0 aliphatic carbocycles. The number of aromatic nitrogens is 1. The average Bonchev–Trinajstić information content (AvgIpc) is 1.76. The number of nitrogens with one attached hydrogen (secondary N) is 1. The zero-order valence-electron chi connectivity index (χ0n) is 2.13. The molecule has 0 aliphatic rings. The summed E-state index contributed by atoms with van der Waals surface area (Å²) in [6, 6.07) is 0. The third-order valence-corrected chi connectivity index (χ3v) is 0.164. The van der Waals surface area contributed by atoms with Gasteiger partial charge in [0.15, 0.2) is 0 Å². The molecule has 0 fully saturated rings. The van der Waals surface area contributed by atoms with E-state index in [1.165, 1.54) is 0 Å². The van der Waals surface area contributed by atoms with Crippen LogP contribution < -0.4 is 0 Å². The summed E-state index contributed by atoms with van der Waals surface area (Å²) in [6.45, 7) is 0. The van der Waals surface area contributed by atoms with Crippen LogP contribution >= 0.6 is 0 Å². The Labute approximate surface area is 25.5 Å². The fourth-order valence-corrected chi connectivity index (χ4v) is 0.0694. The van der Waals surface area contributed by atoms with E-state index in [9.17, 15) is 0 Å². The average molecular weight is 79.0 g/mol. The summed E-state index contributed by atoms with van der Waals surface area (Å²) >= 11 is 0. The first kappa shape index (κ1) is 2.25. The van der Waals surface area contributed by atoms with Gasteiger partial charge in [-0.3, -0.25) is 0 Å². The van der Waals surface area contributed by atoms with Crippen molar-refractivity contribution >= 4 is 0 Å². The Balaban J connectivity index is 3.13. The van der Waals surface area contributed by atoms with Crippen LogP contribution in [0.25, 0.3) is 0 Å². The Hall–Kier alpha value is -1.00. The van der Waals surface area contributed by atoms with Gasteiger partial charge in [0.05, 0.1) is 0 Å². The lowest BCUT2D eigenvalue weighted by atomic mass is 13.4. The summed E-state index contributed by atoms with van der Waals surface area (Å²) in [5, 5.41) is 1.78. The second-order valence-corrected chi connectivity index (χ2v) is 0.386. The van der Waals surface area contributed by atoms with Gasteiger partial charge in [0, 0.05) is 5.33 Å². The van der Waals surface area contributed by atoms with Gasteiger partial charge in [-0.05, 0) is 9.47 Å². The third-order valence-electron chi connectivity index (χ3n) is 0.164. The molecule has 0 saturated carbocycles. The van der Waals surface area contributed by atoms with E-state index in [-0.39, 0.29) is 0 Å². The van der Waals surface area contributed by atoms with Gasteiger partial charge in [0.2, 0.25) is 0 Å². The van der Waals surface area contributed by atoms with Crippen molar-refractivity contribution in [1.29, 1.82) is 0 Å². The lowest BCUT2D eigenvalue weighted by molar-refractivity contribution is -0.241. The topological polar surface area (TPSA) is 68.3 Å². The molecule has 0 radical (unpaired) electrons. The van der Waals surface area contributed by atoms with E-state index >= 15 is 0 Å². The summed E-state index contributed by atoms with van der Waals surface area (Å²) in [7, 11) is 0. The van der Waals surface area contributed by atoms with Crippen LogP contribution in [-0.4, -0.2) is 5.33 Å². The first-order valence-corrected chi connectivity index (χ1v) is 0.908. The molecule has 0 unspecified atom stereocenters. The second-order valence-electron chi connectivity index (χ2n) is 0.386. The van der Waals surface area contributed by atoms with Gasteiger partial charge in [-0.1, -0.05) is 0 Å². The van der Waals surface area contributed by atoms with Gasteiger partial charge in [0.1, 0.15) is 0 Å². The number of aromatic amines is 1. The van der Waals surface area contributed by atoms with E-state index in [1.54, 1.807) is 5.33 Å². The normalized spacial score (nSPS) is 8.00. The molecule has 5 heteroatoms. The Bertz CT molecular complexity index is 60.1. The lowest BCUT2D eigenvalue weighted by Gasteiger charge is -1.38. The molecule has 0 aliphatic heterocycles. The van der Waals surface area contributed by atoms with Crippen LogP contribution in [-0.2, 0) is 0 Å². The van der Waals surface area contributed by atoms with Gasteiger partial charge in [-0.2, -0.15) is 0 Å². The molecule has 0 saturated heterocycles. The minimum Gasteiger partial charge on any atom is -0.118 e. The number of hydrogen-bond acceptors (Lipinski definition) is 4.